The molecule has 0 saturated heterocycles. The second-order valence-corrected chi connectivity index (χ2v) is 4.69. The fraction of sp³-hybridized carbons (Fsp3) is 0.357. The average molecular weight is 266 g/mol. The van der Waals surface area contributed by atoms with Crippen molar-refractivity contribution in [3.8, 4) is 12.3 Å². The lowest BCUT2D eigenvalue weighted by molar-refractivity contribution is -0.140. The number of carboxylic acids is 1. The third-order valence-corrected chi connectivity index (χ3v) is 2.94. The van der Waals surface area contributed by atoms with E-state index in [1.807, 2.05) is 24.0 Å². The van der Waals surface area contributed by atoms with E-state index in [1.54, 1.807) is 13.0 Å². The molecule has 0 heterocycles. The van der Waals surface area contributed by atoms with Gasteiger partial charge >= 0.3 is 5.97 Å². The van der Waals surface area contributed by atoms with Crippen LogP contribution in [-0.4, -0.2) is 24.2 Å². The van der Waals surface area contributed by atoms with Crippen LogP contribution in [0.15, 0.2) is 18.2 Å². The second-order valence-electron chi connectivity index (χ2n) is 4.25. The molecule has 1 atom stereocenters. The van der Waals surface area contributed by atoms with E-state index in [0.29, 0.717) is 18.1 Å². The van der Waals surface area contributed by atoms with E-state index < -0.39 is 11.9 Å². The van der Waals surface area contributed by atoms with Gasteiger partial charge in [0.25, 0.3) is 0 Å². The van der Waals surface area contributed by atoms with E-state index in [4.69, 9.17) is 23.1 Å². The van der Waals surface area contributed by atoms with E-state index in [0.717, 1.165) is 11.3 Å². The molecule has 0 aliphatic heterocycles. The second kappa shape index (κ2) is 6.32. The summed E-state index contributed by atoms with van der Waals surface area (Å²) in [6.07, 6.45) is 5.33. The molecule has 1 aromatic rings. The molecule has 0 aliphatic rings. The molecular weight excluding hydrogens is 250 g/mol. The molecule has 4 heteroatoms. The molecule has 0 fully saturated rings. The third-order valence-electron chi connectivity index (χ3n) is 2.71. The molecule has 1 unspecified atom stereocenters. The van der Waals surface area contributed by atoms with E-state index in [9.17, 15) is 4.79 Å². The first kappa shape index (κ1) is 14.4. The van der Waals surface area contributed by atoms with Crippen molar-refractivity contribution < 1.29 is 9.90 Å². The number of carboxylic acid groups (broad SMARTS) is 1. The van der Waals surface area contributed by atoms with Crippen molar-refractivity contribution >= 4 is 23.3 Å². The number of carbonyl (C=O) groups is 1. The number of aliphatic carboxylic acids is 1. The monoisotopic (exact) mass is 265 g/mol. The highest BCUT2D eigenvalue weighted by atomic mass is 35.5. The average Bonchev–Trinajstić information content (AvgIpc) is 2.31. The molecule has 96 valence electrons. The number of halogens is 1. The van der Waals surface area contributed by atoms with Gasteiger partial charge in [0, 0.05) is 17.3 Å². The number of hydrogen-bond acceptors (Lipinski definition) is 2. The van der Waals surface area contributed by atoms with Crippen molar-refractivity contribution in [2.45, 2.75) is 13.8 Å². The molecule has 0 aliphatic carbocycles. The number of nitrogens with zero attached hydrogens (tertiary/aromatic N) is 1. The first-order valence-electron chi connectivity index (χ1n) is 5.63. The Labute approximate surface area is 112 Å². The zero-order valence-corrected chi connectivity index (χ0v) is 11.2. The number of anilines is 1. The summed E-state index contributed by atoms with van der Waals surface area (Å²) in [4.78, 5) is 12.8. The van der Waals surface area contributed by atoms with Crippen LogP contribution in [0.2, 0.25) is 5.02 Å². The molecule has 18 heavy (non-hydrogen) atoms. The van der Waals surface area contributed by atoms with Crippen LogP contribution in [0.5, 0.6) is 0 Å². The summed E-state index contributed by atoms with van der Waals surface area (Å²) in [5, 5.41) is 9.58. The fourth-order valence-corrected chi connectivity index (χ4v) is 1.86. The van der Waals surface area contributed by atoms with E-state index in [1.165, 1.54) is 0 Å². The largest absolute Gasteiger partial charge is 0.481 e. The lowest BCUT2D eigenvalue weighted by Crippen LogP contribution is -2.32. The summed E-state index contributed by atoms with van der Waals surface area (Å²) in [7, 11) is 0. The van der Waals surface area contributed by atoms with Gasteiger partial charge in [-0.2, -0.15) is 0 Å². The predicted octanol–water partition coefficient (Wildman–Crippen LogP) is 2.81. The minimum absolute atomic E-state index is 0.360. The number of hydrogen-bond donors (Lipinski definition) is 1. The number of rotatable bonds is 5. The highest BCUT2D eigenvalue weighted by Crippen LogP contribution is 2.24. The van der Waals surface area contributed by atoms with Crippen molar-refractivity contribution in [2.75, 3.05) is 18.0 Å². The maximum absolute atomic E-state index is 10.9. The Morgan fingerprint density at radius 3 is 2.83 bits per heavy atom. The smallest absolute Gasteiger partial charge is 0.308 e. The van der Waals surface area contributed by atoms with Gasteiger partial charge in [-0.05, 0) is 24.6 Å². The fourth-order valence-electron chi connectivity index (χ4n) is 1.69. The minimum atomic E-state index is -0.836. The predicted molar refractivity (Wildman–Crippen MR) is 74.0 cm³/mol. The van der Waals surface area contributed by atoms with Crippen molar-refractivity contribution in [3.63, 3.8) is 0 Å². The number of benzene rings is 1. The Morgan fingerprint density at radius 2 is 2.28 bits per heavy atom. The standard InChI is InChI=1S/C14H16ClNO2/c1-4-7-16(9-11(3)14(17)18)13-8-12(15)6-5-10(13)2/h1,5-6,8,11H,7,9H2,2-3H3,(H,17,18). The Bertz CT molecular complexity index is 479. The summed E-state index contributed by atoms with van der Waals surface area (Å²) in [6.45, 7) is 4.33. The molecule has 3 nitrogen and oxygen atoms in total. The molecule has 0 spiro atoms. The minimum Gasteiger partial charge on any atom is -0.481 e. The van der Waals surface area contributed by atoms with E-state index in [-0.39, 0.29) is 0 Å². The molecule has 0 saturated carbocycles. The van der Waals surface area contributed by atoms with Gasteiger partial charge in [-0.1, -0.05) is 30.5 Å². The maximum Gasteiger partial charge on any atom is 0.308 e. The highest BCUT2D eigenvalue weighted by molar-refractivity contribution is 6.30. The third kappa shape index (κ3) is 3.68. The summed E-state index contributed by atoms with van der Waals surface area (Å²) in [5.41, 5.74) is 1.90. The first-order valence-corrected chi connectivity index (χ1v) is 6.01. The Morgan fingerprint density at radius 1 is 1.61 bits per heavy atom. The van der Waals surface area contributed by atoms with Gasteiger partial charge in [-0.25, -0.2) is 0 Å². The molecule has 1 aromatic carbocycles. The van der Waals surface area contributed by atoms with Crippen LogP contribution >= 0.6 is 11.6 Å². The lowest BCUT2D eigenvalue weighted by atomic mass is 10.1. The van der Waals surface area contributed by atoms with Crippen molar-refractivity contribution in [1.29, 1.82) is 0 Å². The van der Waals surface area contributed by atoms with Gasteiger partial charge in [0.05, 0.1) is 12.5 Å². The summed E-state index contributed by atoms with van der Waals surface area (Å²) in [6, 6.07) is 5.50. The van der Waals surface area contributed by atoms with Gasteiger partial charge in [0.15, 0.2) is 0 Å². The molecule has 0 aromatic heterocycles. The molecule has 1 rings (SSSR count). The lowest BCUT2D eigenvalue weighted by Gasteiger charge is -2.26. The molecule has 0 amide bonds. The quantitative estimate of drug-likeness (QED) is 0.833. The van der Waals surface area contributed by atoms with Crippen LogP contribution in [0.25, 0.3) is 0 Å². The first-order chi connectivity index (χ1) is 8.45. The number of aryl methyl sites for hydroxylation is 1. The zero-order chi connectivity index (χ0) is 13.7. The summed E-state index contributed by atoms with van der Waals surface area (Å²) >= 11 is 5.97. The molecule has 1 N–H and O–H groups in total. The van der Waals surface area contributed by atoms with E-state index >= 15 is 0 Å². The topological polar surface area (TPSA) is 40.5 Å². The molecular formula is C14H16ClNO2. The van der Waals surface area contributed by atoms with Crippen molar-refractivity contribution in [2.24, 2.45) is 5.92 Å². The van der Waals surface area contributed by atoms with Crippen LogP contribution in [0.4, 0.5) is 5.69 Å². The van der Waals surface area contributed by atoms with Crippen LogP contribution in [0.1, 0.15) is 12.5 Å². The van der Waals surface area contributed by atoms with Crippen molar-refractivity contribution in [1.82, 2.24) is 0 Å². The van der Waals surface area contributed by atoms with Crippen LogP contribution in [0.3, 0.4) is 0 Å². The van der Waals surface area contributed by atoms with Gasteiger partial charge in [-0.3, -0.25) is 4.79 Å². The Kier molecular flexibility index (Phi) is 5.06. The van der Waals surface area contributed by atoms with Crippen LogP contribution < -0.4 is 4.90 Å². The SMILES string of the molecule is C#CCN(CC(C)C(=O)O)c1cc(Cl)ccc1C. The molecule has 0 radical (unpaired) electrons. The summed E-state index contributed by atoms with van der Waals surface area (Å²) in [5.74, 6) is 1.22. The van der Waals surface area contributed by atoms with Gasteiger partial charge in [0.2, 0.25) is 0 Å². The van der Waals surface area contributed by atoms with Crippen LogP contribution in [-0.2, 0) is 4.79 Å². The Hall–Kier alpha value is -1.66. The van der Waals surface area contributed by atoms with E-state index in [2.05, 4.69) is 5.92 Å². The van der Waals surface area contributed by atoms with Gasteiger partial charge in [0.1, 0.15) is 0 Å². The Balaban J connectivity index is 3.01. The number of terminal acetylenes is 1. The zero-order valence-electron chi connectivity index (χ0n) is 10.5. The van der Waals surface area contributed by atoms with Crippen LogP contribution in [0, 0.1) is 25.2 Å². The summed E-state index contributed by atoms with van der Waals surface area (Å²) < 4.78 is 0. The van der Waals surface area contributed by atoms with Crippen molar-refractivity contribution in [3.05, 3.63) is 28.8 Å². The highest BCUT2D eigenvalue weighted by Gasteiger charge is 2.17. The molecule has 0 bridgehead atoms. The maximum atomic E-state index is 10.9. The van der Waals surface area contributed by atoms with Gasteiger partial charge < -0.3 is 10.0 Å². The normalized spacial score (nSPS) is 11.7. The van der Waals surface area contributed by atoms with Gasteiger partial charge in [-0.15, -0.1) is 6.42 Å².